The largest absolute Gasteiger partial charge is 0.367 e. The highest BCUT2D eigenvalue weighted by molar-refractivity contribution is 7.09. The van der Waals surface area contributed by atoms with Crippen molar-refractivity contribution >= 4 is 22.6 Å². The topological polar surface area (TPSA) is 64.1 Å². The zero-order chi connectivity index (χ0) is 13.0. The number of hydrogen-bond acceptors (Lipinski definition) is 5. The van der Waals surface area contributed by atoms with Crippen molar-refractivity contribution in [1.82, 2.24) is 9.36 Å². The van der Waals surface area contributed by atoms with Gasteiger partial charge in [-0.25, -0.2) is 4.98 Å². The van der Waals surface area contributed by atoms with Crippen molar-refractivity contribution in [3.8, 4) is 0 Å². The average Bonchev–Trinajstić information content (AvgIpc) is 2.77. The molecule has 94 valence electrons. The molecule has 0 saturated heterocycles. The summed E-state index contributed by atoms with van der Waals surface area (Å²) in [6, 6.07) is 9.31. The van der Waals surface area contributed by atoms with E-state index >= 15 is 0 Å². The van der Waals surface area contributed by atoms with Crippen LogP contribution < -0.4 is 5.32 Å². The fourth-order valence-corrected chi connectivity index (χ4v) is 2.12. The number of carbonyl (C=O) groups excluding carboxylic acids is 1. The van der Waals surface area contributed by atoms with Crippen molar-refractivity contribution < 1.29 is 9.53 Å². The third kappa shape index (κ3) is 2.91. The van der Waals surface area contributed by atoms with Crippen LogP contribution in [0.15, 0.2) is 30.3 Å². The summed E-state index contributed by atoms with van der Waals surface area (Å²) in [5.41, 5.74) is 0.804. The number of benzene rings is 1. The summed E-state index contributed by atoms with van der Waals surface area (Å²) < 4.78 is 9.22. The van der Waals surface area contributed by atoms with Gasteiger partial charge >= 0.3 is 0 Å². The number of aryl methyl sites for hydroxylation is 1. The Labute approximate surface area is 109 Å². The van der Waals surface area contributed by atoms with Gasteiger partial charge in [0.05, 0.1) is 0 Å². The molecule has 0 bridgehead atoms. The molecule has 5 nitrogen and oxygen atoms in total. The van der Waals surface area contributed by atoms with E-state index in [1.165, 1.54) is 7.11 Å². The normalized spacial score (nSPS) is 12.1. The lowest BCUT2D eigenvalue weighted by Crippen LogP contribution is -2.22. The second-order valence-electron chi connectivity index (χ2n) is 3.66. The monoisotopic (exact) mass is 263 g/mol. The summed E-state index contributed by atoms with van der Waals surface area (Å²) in [7, 11) is 1.50. The number of hydrogen-bond donors (Lipinski definition) is 1. The first-order chi connectivity index (χ1) is 8.70. The van der Waals surface area contributed by atoms with Crippen molar-refractivity contribution in [2.45, 2.75) is 13.0 Å². The molecule has 1 amide bonds. The number of aromatic nitrogens is 2. The lowest BCUT2D eigenvalue weighted by molar-refractivity contribution is -0.126. The zero-order valence-corrected chi connectivity index (χ0v) is 10.9. The third-order valence-electron chi connectivity index (χ3n) is 2.33. The first-order valence-corrected chi connectivity index (χ1v) is 6.17. The number of amides is 1. The maximum absolute atomic E-state index is 12.1. The minimum atomic E-state index is -0.643. The standard InChI is InChI=1S/C12H13N3O2S/c1-8-13-12(18-15-8)14-11(16)10(17-2)9-6-4-3-5-7-9/h3-7,10H,1-2H3,(H,13,14,15,16)/t10-/m1/s1. The molecule has 0 aliphatic rings. The van der Waals surface area contributed by atoms with Crippen LogP contribution in [0.3, 0.4) is 0 Å². The maximum atomic E-state index is 12.1. The average molecular weight is 263 g/mol. The van der Waals surface area contributed by atoms with E-state index in [1.54, 1.807) is 6.92 Å². The Morgan fingerprint density at radius 3 is 2.67 bits per heavy atom. The summed E-state index contributed by atoms with van der Waals surface area (Å²) in [6.07, 6.45) is -0.643. The second-order valence-corrected chi connectivity index (χ2v) is 4.41. The van der Waals surface area contributed by atoms with Crippen molar-refractivity contribution in [3.05, 3.63) is 41.7 Å². The molecule has 18 heavy (non-hydrogen) atoms. The van der Waals surface area contributed by atoms with E-state index in [-0.39, 0.29) is 5.91 Å². The van der Waals surface area contributed by atoms with Gasteiger partial charge in [-0.1, -0.05) is 30.3 Å². The van der Waals surface area contributed by atoms with E-state index in [2.05, 4.69) is 14.7 Å². The molecule has 2 rings (SSSR count). The summed E-state index contributed by atoms with van der Waals surface area (Å²) in [5.74, 6) is 0.392. The fourth-order valence-electron chi connectivity index (χ4n) is 1.54. The molecule has 1 N–H and O–H groups in total. The van der Waals surface area contributed by atoms with Crippen LogP contribution >= 0.6 is 11.5 Å². The molecule has 0 radical (unpaired) electrons. The number of anilines is 1. The lowest BCUT2D eigenvalue weighted by atomic mass is 10.1. The lowest BCUT2D eigenvalue weighted by Gasteiger charge is -2.14. The van der Waals surface area contributed by atoms with E-state index in [0.29, 0.717) is 11.0 Å². The molecular weight excluding hydrogens is 250 g/mol. The Bertz CT molecular complexity index is 527. The van der Waals surface area contributed by atoms with Crippen LogP contribution in [0.5, 0.6) is 0 Å². The zero-order valence-electron chi connectivity index (χ0n) is 10.1. The number of nitrogens with one attached hydrogen (secondary N) is 1. The molecule has 1 heterocycles. The van der Waals surface area contributed by atoms with Gasteiger partial charge in [-0.15, -0.1) is 0 Å². The highest BCUT2D eigenvalue weighted by Gasteiger charge is 2.20. The fraction of sp³-hybridized carbons (Fsp3) is 0.250. The van der Waals surface area contributed by atoms with E-state index < -0.39 is 6.10 Å². The molecule has 0 fully saturated rings. The Kier molecular flexibility index (Phi) is 4.01. The molecule has 6 heteroatoms. The van der Waals surface area contributed by atoms with E-state index in [1.807, 2.05) is 30.3 Å². The molecule has 1 atom stereocenters. The van der Waals surface area contributed by atoms with Crippen molar-refractivity contribution in [3.63, 3.8) is 0 Å². The van der Waals surface area contributed by atoms with E-state index in [0.717, 1.165) is 17.1 Å². The van der Waals surface area contributed by atoms with Crippen LogP contribution in [0.2, 0.25) is 0 Å². The Morgan fingerprint density at radius 2 is 2.11 bits per heavy atom. The van der Waals surface area contributed by atoms with Gasteiger partial charge in [-0.2, -0.15) is 4.37 Å². The minimum Gasteiger partial charge on any atom is -0.367 e. The highest BCUT2D eigenvalue weighted by Crippen LogP contribution is 2.19. The number of carbonyl (C=O) groups is 1. The molecule has 0 aliphatic heterocycles. The van der Waals surface area contributed by atoms with Gasteiger partial charge in [0.15, 0.2) is 6.10 Å². The number of methoxy groups -OCH3 is 1. The van der Waals surface area contributed by atoms with Crippen LogP contribution in [-0.2, 0) is 9.53 Å². The molecule has 0 aliphatic carbocycles. The van der Waals surface area contributed by atoms with Crippen LogP contribution in [-0.4, -0.2) is 22.4 Å². The summed E-state index contributed by atoms with van der Waals surface area (Å²) in [5, 5.41) is 3.18. The first kappa shape index (κ1) is 12.7. The van der Waals surface area contributed by atoms with E-state index in [9.17, 15) is 4.79 Å². The first-order valence-electron chi connectivity index (χ1n) is 5.39. The Hall–Kier alpha value is -1.79. The number of ether oxygens (including phenoxy) is 1. The van der Waals surface area contributed by atoms with Gasteiger partial charge < -0.3 is 4.74 Å². The maximum Gasteiger partial charge on any atom is 0.259 e. The van der Waals surface area contributed by atoms with Gasteiger partial charge in [0.1, 0.15) is 5.82 Å². The molecule has 1 aromatic heterocycles. The number of nitrogens with zero attached hydrogens (tertiary/aromatic N) is 2. The molecule has 0 unspecified atom stereocenters. The molecule has 2 aromatic rings. The van der Waals surface area contributed by atoms with Crippen LogP contribution in [0.1, 0.15) is 17.5 Å². The van der Waals surface area contributed by atoms with Gasteiger partial charge in [0.2, 0.25) is 5.13 Å². The SMILES string of the molecule is CO[C@@H](C(=O)Nc1nc(C)ns1)c1ccccc1. The third-order valence-corrected chi connectivity index (χ3v) is 3.06. The minimum absolute atomic E-state index is 0.250. The Balaban J connectivity index is 2.11. The predicted molar refractivity (Wildman–Crippen MR) is 69.5 cm³/mol. The second kappa shape index (κ2) is 5.70. The summed E-state index contributed by atoms with van der Waals surface area (Å²) in [6.45, 7) is 1.77. The molecule has 0 saturated carbocycles. The summed E-state index contributed by atoms with van der Waals surface area (Å²) in [4.78, 5) is 16.1. The summed E-state index contributed by atoms with van der Waals surface area (Å²) >= 11 is 1.15. The van der Waals surface area contributed by atoms with Crippen LogP contribution in [0, 0.1) is 6.92 Å². The van der Waals surface area contributed by atoms with Gasteiger partial charge in [0, 0.05) is 18.6 Å². The molecule has 0 spiro atoms. The highest BCUT2D eigenvalue weighted by atomic mass is 32.1. The molecule has 1 aromatic carbocycles. The van der Waals surface area contributed by atoms with Crippen molar-refractivity contribution in [2.75, 3.05) is 12.4 Å². The van der Waals surface area contributed by atoms with Gasteiger partial charge in [-0.3, -0.25) is 10.1 Å². The van der Waals surface area contributed by atoms with Crippen LogP contribution in [0.4, 0.5) is 5.13 Å². The quantitative estimate of drug-likeness (QED) is 0.918. The van der Waals surface area contributed by atoms with Crippen molar-refractivity contribution in [2.24, 2.45) is 0 Å². The van der Waals surface area contributed by atoms with Gasteiger partial charge in [0.25, 0.3) is 5.91 Å². The predicted octanol–water partition coefficient (Wildman–Crippen LogP) is 2.17. The molecular formula is C12H13N3O2S. The van der Waals surface area contributed by atoms with Crippen LogP contribution in [0.25, 0.3) is 0 Å². The van der Waals surface area contributed by atoms with Crippen molar-refractivity contribution in [1.29, 1.82) is 0 Å². The van der Waals surface area contributed by atoms with Gasteiger partial charge in [-0.05, 0) is 12.5 Å². The Morgan fingerprint density at radius 1 is 1.39 bits per heavy atom. The smallest absolute Gasteiger partial charge is 0.259 e. The number of rotatable bonds is 4. The van der Waals surface area contributed by atoms with E-state index in [4.69, 9.17) is 4.74 Å².